The monoisotopic (exact) mass is 484 g/mol. The third-order valence-corrected chi connectivity index (χ3v) is 7.10. The Balaban J connectivity index is 1.42. The molecule has 1 saturated heterocycles. The molecule has 0 radical (unpaired) electrons. The number of anilines is 3. The van der Waals surface area contributed by atoms with Crippen LogP contribution in [0.2, 0.25) is 0 Å². The van der Waals surface area contributed by atoms with Crippen molar-refractivity contribution < 1.29 is 4.79 Å². The topological polar surface area (TPSA) is 73.4 Å². The number of halogens is 2. The molecule has 2 unspecified atom stereocenters. The number of nitrogens with zero attached hydrogens (tertiary/aromatic N) is 4. The van der Waals surface area contributed by atoms with Gasteiger partial charge in [-0.1, -0.05) is 35.3 Å². The first-order valence-corrected chi connectivity index (χ1v) is 11.9. The fraction of sp³-hybridized carbons (Fsp3) is 0.375. The second kappa shape index (κ2) is 8.63. The average molecular weight is 485 g/mol. The Bertz CT molecular complexity index is 1190. The highest BCUT2D eigenvalue weighted by Crippen LogP contribution is 2.38. The first-order chi connectivity index (χ1) is 15.9. The molecule has 7 nitrogen and oxygen atoms in total. The maximum absolute atomic E-state index is 13.2. The van der Waals surface area contributed by atoms with Crippen molar-refractivity contribution in [2.24, 2.45) is 0 Å². The van der Waals surface area contributed by atoms with Crippen molar-refractivity contribution in [3.63, 3.8) is 0 Å². The number of carbonyl (C=O) groups is 1. The maximum atomic E-state index is 13.2. The normalized spacial score (nSPS) is 22.7. The molecule has 2 bridgehead atoms. The lowest BCUT2D eigenvalue weighted by atomic mass is 9.94. The van der Waals surface area contributed by atoms with Crippen LogP contribution in [-0.2, 0) is 6.42 Å². The Hall–Kier alpha value is -2.61. The van der Waals surface area contributed by atoms with Crippen LogP contribution >= 0.6 is 23.2 Å². The minimum atomic E-state index is -0.236. The standard InChI is InChI=1S/C24H26Cl2N6O/c1-4-19(26)21(13(2)25)32-12-31(3)22-18(23(32)33)11-27-24(30-22)29-16-6-5-14-9-15-7-8-20(28-15)17(14)10-16/h4-6,10-11,15,20,28H,7-9,12H2,1-3H3,(H,27,29,30). The van der Waals surface area contributed by atoms with Crippen LogP contribution in [0.3, 0.4) is 0 Å². The average Bonchev–Trinajstić information content (AvgIpc) is 3.19. The van der Waals surface area contributed by atoms with E-state index in [9.17, 15) is 4.79 Å². The van der Waals surface area contributed by atoms with Crippen LogP contribution < -0.4 is 15.5 Å². The fourth-order valence-electron chi connectivity index (χ4n) is 4.95. The van der Waals surface area contributed by atoms with Crippen molar-refractivity contribution >= 4 is 46.6 Å². The molecule has 2 aromatic rings. The number of nitrogens with one attached hydrogen (secondary N) is 2. The zero-order valence-corrected chi connectivity index (χ0v) is 20.3. The van der Waals surface area contributed by atoms with Crippen molar-refractivity contribution in [1.82, 2.24) is 20.2 Å². The first kappa shape index (κ1) is 22.2. The number of amides is 1. The van der Waals surface area contributed by atoms with E-state index in [1.165, 1.54) is 24.0 Å². The van der Waals surface area contributed by atoms with E-state index in [0.29, 0.717) is 45.2 Å². The van der Waals surface area contributed by atoms with Gasteiger partial charge in [-0.25, -0.2) is 4.98 Å². The molecule has 5 rings (SSSR count). The molecule has 2 N–H and O–H groups in total. The Morgan fingerprint density at radius 1 is 1.30 bits per heavy atom. The van der Waals surface area contributed by atoms with E-state index in [0.717, 1.165) is 12.1 Å². The summed E-state index contributed by atoms with van der Waals surface area (Å²) in [5.74, 6) is 0.779. The van der Waals surface area contributed by atoms with E-state index >= 15 is 0 Å². The Kier molecular flexibility index (Phi) is 5.80. The van der Waals surface area contributed by atoms with Gasteiger partial charge in [-0.2, -0.15) is 4.98 Å². The molecule has 33 heavy (non-hydrogen) atoms. The molecule has 3 aliphatic heterocycles. The molecule has 0 saturated carbocycles. The van der Waals surface area contributed by atoms with E-state index in [-0.39, 0.29) is 12.6 Å². The summed E-state index contributed by atoms with van der Waals surface area (Å²) in [5, 5.41) is 7.86. The van der Waals surface area contributed by atoms with Crippen LogP contribution in [-0.4, -0.2) is 40.5 Å². The van der Waals surface area contributed by atoms with Gasteiger partial charge in [0, 0.05) is 36.0 Å². The number of fused-ring (bicyclic) bond motifs is 5. The molecule has 0 spiro atoms. The second-order valence-electron chi connectivity index (χ2n) is 8.76. The maximum Gasteiger partial charge on any atom is 0.265 e. The minimum absolute atomic E-state index is 0.236. The Labute approximate surface area is 203 Å². The largest absolute Gasteiger partial charge is 0.341 e. The van der Waals surface area contributed by atoms with Gasteiger partial charge < -0.3 is 15.5 Å². The number of aromatic nitrogens is 2. The van der Waals surface area contributed by atoms with Crippen LogP contribution in [0.15, 0.2) is 46.2 Å². The molecule has 4 heterocycles. The lowest BCUT2D eigenvalue weighted by molar-refractivity contribution is 0.0798. The van der Waals surface area contributed by atoms with Crippen molar-refractivity contribution in [3.05, 3.63) is 62.9 Å². The lowest BCUT2D eigenvalue weighted by Crippen LogP contribution is -2.45. The third kappa shape index (κ3) is 3.98. The van der Waals surface area contributed by atoms with E-state index in [1.54, 1.807) is 31.0 Å². The Morgan fingerprint density at radius 3 is 2.88 bits per heavy atom. The van der Waals surface area contributed by atoms with Crippen LogP contribution in [0.25, 0.3) is 0 Å². The van der Waals surface area contributed by atoms with Gasteiger partial charge in [0.05, 0.1) is 17.4 Å². The van der Waals surface area contributed by atoms with Gasteiger partial charge in [-0.3, -0.25) is 9.69 Å². The molecule has 9 heteroatoms. The van der Waals surface area contributed by atoms with Crippen LogP contribution in [0, 0.1) is 0 Å². The molecular formula is C24H26Cl2N6O. The van der Waals surface area contributed by atoms with Crippen molar-refractivity contribution in [2.75, 3.05) is 23.9 Å². The summed E-state index contributed by atoms with van der Waals surface area (Å²) < 4.78 is 0. The number of rotatable bonds is 4. The van der Waals surface area contributed by atoms with Gasteiger partial charge in [-0.15, -0.1) is 0 Å². The molecule has 1 amide bonds. The summed E-state index contributed by atoms with van der Waals surface area (Å²) in [6.45, 7) is 3.80. The van der Waals surface area contributed by atoms with Crippen molar-refractivity contribution in [3.8, 4) is 0 Å². The quantitative estimate of drug-likeness (QED) is 0.592. The molecule has 172 valence electrons. The van der Waals surface area contributed by atoms with Gasteiger partial charge >= 0.3 is 0 Å². The number of hydrogen-bond acceptors (Lipinski definition) is 6. The Morgan fingerprint density at radius 2 is 2.12 bits per heavy atom. The molecule has 1 aromatic carbocycles. The van der Waals surface area contributed by atoms with Crippen molar-refractivity contribution in [2.45, 2.75) is 45.2 Å². The molecule has 1 aromatic heterocycles. The SMILES string of the molecule is CC=C(Cl)C(=C(C)Cl)N1CN(C)c2nc(Nc3ccc4c(c3)C3CCC(C4)N3)ncc2C1=O. The van der Waals surface area contributed by atoms with Crippen LogP contribution in [0.4, 0.5) is 17.5 Å². The van der Waals surface area contributed by atoms with E-state index < -0.39 is 0 Å². The number of hydrogen-bond donors (Lipinski definition) is 2. The summed E-state index contributed by atoms with van der Waals surface area (Å²) in [4.78, 5) is 25.8. The minimum Gasteiger partial charge on any atom is -0.341 e. The van der Waals surface area contributed by atoms with E-state index in [2.05, 4.69) is 38.8 Å². The number of allylic oxidation sites excluding steroid dienone is 3. The van der Waals surface area contributed by atoms with Crippen molar-refractivity contribution in [1.29, 1.82) is 0 Å². The number of carbonyl (C=O) groups excluding carboxylic acids is 1. The number of benzene rings is 1. The zero-order chi connectivity index (χ0) is 23.3. The van der Waals surface area contributed by atoms with Gasteiger partial charge in [0.2, 0.25) is 5.95 Å². The summed E-state index contributed by atoms with van der Waals surface area (Å²) >= 11 is 12.6. The van der Waals surface area contributed by atoms with Crippen LogP contribution in [0.5, 0.6) is 0 Å². The van der Waals surface area contributed by atoms with E-state index in [1.807, 2.05) is 11.9 Å². The summed E-state index contributed by atoms with van der Waals surface area (Å²) in [6.07, 6.45) is 6.76. The summed E-state index contributed by atoms with van der Waals surface area (Å²) in [6, 6.07) is 7.49. The van der Waals surface area contributed by atoms with E-state index in [4.69, 9.17) is 23.2 Å². The predicted octanol–water partition coefficient (Wildman–Crippen LogP) is 5.03. The molecule has 2 atom stereocenters. The van der Waals surface area contributed by atoms with Gasteiger partial charge in [0.15, 0.2) is 0 Å². The van der Waals surface area contributed by atoms with Gasteiger partial charge in [0.1, 0.15) is 11.4 Å². The first-order valence-electron chi connectivity index (χ1n) is 11.1. The predicted molar refractivity (Wildman–Crippen MR) is 132 cm³/mol. The molecular weight excluding hydrogens is 459 g/mol. The highest BCUT2D eigenvalue weighted by molar-refractivity contribution is 6.35. The van der Waals surface area contributed by atoms with Gasteiger partial charge in [0.25, 0.3) is 5.91 Å². The zero-order valence-electron chi connectivity index (χ0n) is 18.8. The summed E-state index contributed by atoms with van der Waals surface area (Å²) in [5.41, 5.74) is 4.60. The lowest BCUT2D eigenvalue weighted by Gasteiger charge is -2.36. The third-order valence-electron chi connectivity index (χ3n) is 6.52. The second-order valence-corrected chi connectivity index (χ2v) is 9.73. The molecule has 3 aliphatic rings. The van der Waals surface area contributed by atoms with Gasteiger partial charge in [-0.05, 0) is 56.4 Å². The fourth-order valence-corrected chi connectivity index (χ4v) is 5.45. The highest BCUT2D eigenvalue weighted by Gasteiger charge is 2.34. The highest BCUT2D eigenvalue weighted by atomic mass is 35.5. The molecule has 0 aliphatic carbocycles. The smallest absolute Gasteiger partial charge is 0.265 e. The van der Waals surface area contributed by atoms with Crippen LogP contribution in [0.1, 0.15) is 54.2 Å². The summed E-state index contributed by atoms with van der Waals surface area (Å²) in [7, 11) is 1.88. The molecule has 1 fully saturated rings.